The Morgan fingerprint density at radius 2 is 2.11 bits per heavy atom. The molecular formula is C13H11F3O2. The average Bonchev–Trinajstić information content (AvgIpc) is 2.89. The number of halogens is 3. The number of carboxylic acids is 1. The molecule has 5 heteroatoms. The van der Waals surface area contributed by atoms with Crippen LogP contribution in [0.1, 0.15) is 29.5 Å². The Balaban J connectivity index is 1.99. The molecule has 0 aliphatic heterocycles. The van der Waals surface area contributed by atoms with Crippen LogP contribution in [0.2, 0.25) is 0 Å². The molecule has 1 aromatic rings. The third kappa shape index (κ3) is 1.46. The molecule has 0 radical (unpaired) electrons. The van der Waals surface area contributed by atoms with Gasteiger partial charge in [-0.05, 0) is 42.5 Å². The topological polar surface area (TPSA) is 37.3 Å². The molecular weight excluding hydrogens is 245 g/mol. The van der Waals surface area contributed by atoms with Gasteiger partial charge in [-0.15, -0.1) is 0 Å². The van der Waals surface area contributed by atoms with Crippen molar-refractivity contribution in [1.29, 1.82) is 0 Å². The molecule has 2 aliphatic carbocycles. The van der Waals surface area contributed by atoms with E-state index in [0.29, 0.717) is 24.8 Å². The molecule has 96 valence electrons. The van der Waals surface area contributed by atoms with Crippen molar-refractivity contribution in [1.82, 2.24) is 0 Å². The van der Waals surface area contributed by atoms with Gasteiger partial charge in [-0.25, -0.2) is 0 Å². The highest BCUT2D eigenvalue weighted by atomic mass is 19.4. The fourth-order valence-electron chi connectivity index (χ4n) is 3.16. The molecule has 0 aromatic heterocycles. The summed E-state index contributed by atoms with van der Waals surface area (Å²) in [5, 5.41) is 9.01. The van der Waals surface area contributed by atoms with Crippen LogP contribution in [0.5, 0.6) is 0 Å². The number of aliphatic carboxylic acids is 1. The molecule has 2 nitrogen and oxygen atoms in total. The van der Waals surface area contributed by atoms with E-state index in [4.69, 9.17) is 5.11 Å². The maximum Gasteiger partial charge on any atom is 0.416 e. The smallest absolute Gasteiger partial charge is 0.416 e. The molecule has 1 saturated carbocycles. The first kappa shape index (κ1) is 11.6. The molecule has 1 aromatic carbocycles. The summed E-state index contributed by atoms with van der Waals surface area (Å²) >= 11 is 0. The normalized spacial score (nSPS) is 29.4. The summed E-state index contributed by atoms with van der Waals surface area (Å²) in [6, 6.07) is 3.69. The Morgan fingerprint density at radius 1 is 1.39 bits per heavy atom. The second-order valence-corrected chi connectivity index (χ2v) is 5.12. The van der Waals surface area contributed by atoms with Crippen molar-refractivity contribution in [3.63, 3.8) is 0 Å². The highest BCUT2D eigenvalue weighted by Gasteiger charge is 2.61. The number of alkyl halides is 3. The quantitative estimate of drug-likeness (QED) is 0.838. The molecule has 2 aliphatic rings. The summed E-state index contributed by atoms with van der Waals surface area (Å²) < 4.78 is 37.7. The minimum Gasteiger partial charge on any atom is -0.481 e. The van der Waals surface area contributed by atoms with Gasteiger partial charge in [-0.1, -0.05) is 6.07 Å². The zero-order chi connectivity index (χ0) is 13.1. The molecule has 3 rings (SSSR count). The van der Waals surface area contributed by atoms with Crippen LogP contribution in [-0.4, -0.2) is 11.1 Å². The van der Waals surface area contributed by atoms with E-state index >= 15 is 0 Å². The Hall–Kier alpha value is -1.52. The zero-order valence-corrected chi connectivity index (χ0v) is 9.42. The lowest BCUT2D eigenvalue weighted by atomic mass is 9.94. The van der Waals surface area contributed by atoms with Crippen LogP contribution >= 0.6 is 0 Å². The van der Waals surface area contributed by atoms with E-state index in [9.17, 15) is 18.0 Å². The molecule has 0 bridgehead atoms. The molecule has 0 heterocycles. The maximum atomic E-state index is 12.6. The van der Waals surface area contributed by atoms with Gasteiger partial charge in [0, 0.05) is 5.41 Å². The Bertz CT molecular complexity index is 536. The van der Waals surface area contributed by atoms with Gasteiger partial charge >= 0.3 is 12.1 Å². The Morgan fingerprint density at radius 3 is 2.67 bits per heavy atom. The lowest BCUT2D eigenvalue weighted by Gasteiger charge is -2.12. The molecule has 1 N–H and O–H groups in total. The van der Waals surface area contributed by atoms with Crippen LogP contribution in [0.25, 0.3) is 0 Å². The van der Waals surface area contributed by atoms with Crippen LogP contribution in [0.15, 0.2) is 18.2 Å². The molecule has 1 fully saturated rings. The van der Waals surface area contributed by atoms with Crippen LogP contribution in [0.3, 0.4) is 0 Å². The van der Waals surface area contributed by atoms with Gasteiger partial charge in [-0.2, -0.15) is 13.2 Å². The minimum absolute atomic E-state index is 0.384. The van der Waals surface area contributed by atoms with Crippen molar-refractivity contribution < 1.29 is 23.1 Å². The predicted octanol–water partition coefficient (Wildman–Crippen LogP) is 2.99. The van der Waals surface area contributed by atoms with Crippen LogP contribution in [-0.2, 0) is 22.8 Å². The maximum absolute atomic E-state index is 12.6. The van der Waals surface area contributed by atoms with Gasteiger partial charge in [-0.3, -0.25) is 4.79 Å². The number of fused-ring (bicyclic) bond motifs is 2. The van der Waals surface area contributed by atoms with Gasteiger partial charge in [0.1, 0.15) is 0 Å². The van der Waals surface area contributed by atoms with E-state index < -0.39 is 23.6 Å². The minimum atomic E-state index is -4.33. The highest BCUT2D eigenvalue weighted by molar-refractivity contribution is 5.78. The predicted molar refractivity (Wildman–Crippen MR) is 57.2 cm³/mol. The number of benzene rings is 1. The number of hydrogen-bond acceptors (Lipinski definition) is 1. The second kappa shape index (κ2) is 3.28. The van der Waals surface area contributed by atoms with Crippen LogP contribution in [0, 0.1) is 5.92 Å². The summed E-state index contributed by atoms with van der Waals surface area (Å²) in [7, 11) is 0. The number of rotatable bonds is 1. The van der Waals surface area contributed by atoms with Crippen molar-refractivity contribution in [3.05, 3.63) is 34.9 Å². The first-order valence-corrected chi connectivity index (χ1v) is 5.78. The van der Waals surface area contributed by atoms with E-state index in [1.165, 1.54) is 12.1 Å². The summed E-state index contributed by atoms with van der Waals surface area (Å²) in [5.41, 5.74) is 0.438. The van der Waals surface area contributed by atoms with Crippen molar-refractivity contribution in [2.45, 2.75) is 30.9 Å². The Labute approximate surface area is 101 Å². The third-order valence-corrected chi connectivity index (χ3v) is 4.18. The first-order chi connectivity index (χ1) is 8.34. The van der Waals surface area contributed by atoms with Gasteiger partial charge in [0.2, 0.25) is 0 Å². The summed E-state index contributed by atoms with van der Waals surface area (Å²) in [4.78, 5) is 11.0. The van der Waals surface area contributed by atoms with E-state index in [0.717, 1.165) is 11.6 Å². The zero-order valence-electron chi connectivity index (χ0n) is 9.42. The number of carboxylic acid groups (broad SMARTS) is 1. The molecule has 0 saturated heterocycles. The Kier molecular flexibility index (Phi) is 2.10. The molecule has 1 spiro atoms. The summed E-state index contributed by atoms with van der Waals surface area (Å²) in [5.74, 6) is -1.27. The van der Waals surface area contributed by atoms with E-state index in [1.54, 1.807) is 0 Å². The summed E-state index contributed by atoms with van der Waals surface area (Å²) in [6.45, 7) is 0. The largest absolute Gasteiger partial charge is 0.481 e. The third-order valence-electron chi connectivity index (χ3n) is 4.18. The summed E-state index contributed by atoms with van der Waals surface area (Å²) in [6.07, 6.45) is -2.58. The fraction of sp³-hybridized carbons (Fsp3) is 0.462. The van der Waals surface area contributed by atoms with Crippen LogP contribution in [0.4, 0.5) is 13.2 Å². The lowest BCUT2D eigenvalue weighted by molar-refractivity contribution is -0.139. The van der Waals surface area contributed by atoms with Crippen molar-refractivity contribution in [2.75, 3.05) is 0 Å². The molecule has 18 heavy (non-hydrogen) atoms. The number of hydrogen-bond donors (Lipinski definition) is 1. The average molecular weight is 256 g/mol. The van der Waals surface area contributed by atoms with Crippen molar-refractivity contribution in [3.8, 4) is 0 Å². The SMILES string of the molecule is O=C(O)C1CC12CCc1cc(C(F)(F)F)ccc12. The van der Waals surface area contributed by atoms with E-state index in [-0.39, 0.29) is 5.41 Å². The first-order valence-electron chi connectivity index (χ1n) is 5.78. The standard InChI is InChI=1S/C13H11F3O2/c14-13(15,16)8-1-2-9-7(5-8)3-4-12(9)6-10(12)11(17)18/h1-2,5,10H,3-4,6H2,(H,17,18). The van der Waals surface area contributed by atoms with E-state index in [1.807, 2.05) is 0 Å². The molecule has 0 amide bonds. The van der Waals surface area contributed by atoms with Gasteiger partial charge in [0.15, 0.2) is 0 Å². The van der Waals surface area contributed by atoms with E-state index in [2.05, 4.69) is 0 Å². The monoisotopic (exact) mass is 256 g/mol. The lowest BCUT2D eigenvalue weighted by Crippen LogP contribution is -2.12. The van der Waals surface area contributed by atoms with Crippen molar-refractivity contribution >= 4 is 5.97 Å². The molecule has 2 unspecified atom stereocenters. The number of aryl methyl sites for hydroxylation is 1. The fourth-order valence-corrected chi connectivity index (χ4v) is 3.16. The van der Waals surface area contributed by atoms with Gasteiger partial charge in [0.25, 0.3) is 0 Å². The highest BCUT2D eigenvalue weighted by Crippen LogP contribution is 2.61. The number of carbonyl (C=O) groups is 1. The second-order valence-electron chi connectivity index (χ2n) is 5.12. The van der Waals surface area contributed by atoms with Crippen molar-refractivity contribution in [2.24, 2.45) is 5.92 Å². The van der Waals surface area contributed by atoms with Gasteiger partial charge < -0.3 is 5.11 Å². The van der Waals surface area contributed by atoms with Gasteiger partial charge in [0.05, 0.1) is 11.5 Å². The molecule has 2 atom stereocenters. The van der Waals surface area contributed by atoms with Crippen LogP contribution < -0.4 is 0 Å².